The maximum absolute atomic E-state index is 10.4. The molecule has 1 atom stereocenters. The molecule has 0 saturated carbocycles. The summed E-state index contributed by atoms with van der Waals surface area (Å²) in [6.07, 6.45) is 9.00. The highest BCUT2D eigenvalue weighted by molar-refractivity contribution is 5.66. The van der Waals surface area contributed by atoms with E-state index in [1.54, 1.807) is 0 Å². The second-order valence-corrected chi connectivity index (χ2v) is 5.88. The van der Waals surface area contributed by atoms with Crippen molar-refractivity contribution < 1.29 is 20.5 Å². The maximum Gasteiger partial charge on any atom is 0.303 e. The van der Waals surface area contributed by atoms with Crippen LogP contribution in [0.2, 0.25) is 0 Å². The van der Waals surface area contributed by atoms with Crippen LogP contribution in [0, 0.1) is 0 Å². The van der Waals surface area contributed by atoms with Crippen LogP contribution < -0.4 is 0 Å². The van der Waals surface area contributed by atoms with Crippen molar-refractivity contribution in [2.45, 2.75) is 96.5 Å². The second kappa shape index (κ2) is 17.3. The van der Waals surface area contributed by atoms with Crippen LogP contribution in [0.1, 0.15) is 95.9 Å². The number of aliphatic carboxylic acids is 1. The predicted octanol–water partition coefficient (Wildman–Crippen LogP) is 5.64. The quantitative estimate of drug-likeness (QED) is 0.285. The number of aliphatic hydroxyl groups is 1. The van der Waals surface area contributed by atoms with Gasteiger partial charge in [0, 0.05) is 6.42 Å². The Morgan fingerprint density at radius 1 is 1.09 bits per heavy atom. The fraction of sp³-hybridized carbons (Fsp3) is 0.750. The van der Waals surface area contributed by atoms with Crippen LogP contribution in [0.5, 0.6) is 0 Å². The molecule has 0 fully saturated rings. The minimum Gasteiger partial charge on any atom is -0.481 e. The summed E-state index contributed by atoms with van der Waals surface area (Å²) in [4.78, 5) is 10.4. The lowest BCUT2D eigenvalue weighted by Crippen LogP contribution is -2.00. The molecule has 0 aromatic rings. The van der Waals surface area contributed by atoms with E-state index in [1.165, 1.54) is 0 Å². The highest BCUT2D eigenvalue weighted by Crippen LogP contribution is 2.10. The normalized spacial score (nSPS) is 18.3. The van der Waals surface area contributed by atoms with Gasteiger partial charge in [-0.25, -0.2) is 0 Å². The molecule has 0 spiro atoms. The molecule has 3 heteroatoms. The van der Waals surface area contributed by atoms with Crippen molar-refractivity contribution in [2.24, 2.45) is 0 Å². The summed E-state index contributed by atoms with van der Waals surface area (Å²) >= 11 is 0. The Hall–Kier alpha value is -1.09. The Morgan fingerprint density at radius 2 is 1.74 bits per heavy atom. The molecule has 3 nitrogen and oxygen atoms in total. The van der Waals surface area contributed by atoms with Gasteiger partial charge in [-0.05, 0) is 25.7 Å². The second-order valence-electron chi connectivity index (χ2n) is 5.88. The summed E-state index contributed by atoms with van der Waals surface area (Å²) < 4.78 is 31.5. The molecule has 0 aliphatic heterocycles. The Kier molecular flexibility index (Phi) is 11.6. The zero-order chi connectivity index (χ0) is 20.7. The summed E-state index contributed by atoms with van der Waals surface area (Å²) in [5.74, 6) is -0.745. The SMILES string of the molecule is [2H]/C(=C\C([2H])=C(/[2H])CCCCCCCCCC(=O)O)[C@@]([2H])(O)CCCCC. The average Bonchev–Trinajstić information content (AvgIpc) is 2.59. The Morgan fingerprint density at radius 3 is 2.39 bits per heavy atom. The Labute approximate surface area is 148 Å². The minimum atomic E-state index is -1.98. The first-order valence-electron chi connectivity index (χ1n) is 11.0. The molecule has 2 N–H and O–H groups in total. The summed E-state index contributed by atoms with van der Waals surface area (Å²) in [6.45, 7) is 2.02. The van der Waals surface area contributed by atoms with Gasteiger partial charge in [-0.1, -0.05) is 82.5 Å². The van der Waals surface area contributed by atoms with E-state index in [-0.39, 0.29) is 31.0 Å². The molecule has 0 aliphatic rings. The number of carbonyl (C=O) groups is 1. The van der Waals surface area contributed by atoms with Crippen molar-refractivity contribution in [3.8, 4) is 0 Å². The first-order chi connectivity index (χ1) is 12.7. The smallest absolute Gasteiger partial charge is 0.303 e. The van der Waals surface area contributed by atoms with Crippen molar-refractivity contribution in [1.29, 1.82) is 0 Å². The molecule has 0 aromatic carbocycles. The number of allylic oxidation sites excluding steroid dienone is 3. The molecular formula is C20H36O3. The van der Waals surface area contributed by atoms with E-state index in [9.17, 15) is 9.90 Å². The third kappa shape index (κ3) is 18.9. The van der Waals surface area contributed by atoms with Crippen molar-refractivity contribution >= 4 is 5.97 Å². The average molecular weight is 329 g/mol. The molecule has 0 rings (SSSR count). The lowest BCUT2D eigenvalue weighted by molar-refractivity contribution is -0.137. The van der Waals surface area contributed by atoms with Gasteiger partial charge in [0.2, 0.25) is 0 Å². The van der Waals surface area contributed by atoms with E-state index in [2.05, 4.69) is 0 Å². The zero-order valence-electron chi connectivity index (χ0n) is 18.6. The van der Waals surface area contributed by atoms with E-state index in [1.807, 2.05) is 6.92 Å². The monoisotopic (exact) mass is 328 g/mol. The lowest BCUT2D eigenvalue weighted by atomic mass is 10.1. The lowest BCUT2D eigenvalue weighted by Gasteiger charge is -2.03. The van der Waals surface area contributed by atoms with E-state index in [4.69, 9.17) is 10.6 Å². The van der Waals surface area contributed by atoms with Gasteiger partial charge >= 0.3 is 5.97 Å². The molecule has 0 saturated heterocycles. The van der Waals surface area contributed by atoms with Crippen LogP contribution in [0.4, 0.5) is 0 Å². The van der Waals surface area contributed by atoms with E-state index in [0.29, 0.717) is 12.8 Å². The molecular weight excluding hydrogens is 288 g/mol. The summed E-state index contributed by atoms with van der Waals surface area (Å²) in [5.41, 5.74) is 0. The first kappa shape index (κ1) is 15.4. The number of hydrogen-bond acceptors (Lipinski definition) is 2. The van der Waals surface area contributed by atoms with Crippen LogP contribution >= 0.6 is 0 Å². The molecule has 134 valence electrons. The van der Waals surface area contributed by atoms with E-state index in [0.717, 1.165) is 63.9 Å². The number of carboxylic acids is 1. The third-order valence-corrected chi connectivity index (χ3v) is 3.62. The van der Waals surface area contributed by atoms with Gasteiger partial charge in [-0.2, -0.15) is 0 Å². The predicted molar refractivity (Wildman–Crippen MR) is 97.6 cm³/mol. The molecule has 0 unspecified atom stereocenters. The van der Waals surface area contributed by atoms with Crippen LogP contribution in [-0.4, -0.2) is 22.3 Å². The summed E-state index contributed by atoms with van der Waals surface area (Å²) in [6, 6.07) is -0.296. The summed E-state index contributed by atoms with van der Waals surface area (Å²) in [5, 5.41) is 18.6. The molecule has 0 aromatic heterocycles. The van der Waals surface area contributed by atoms with Crippen LogP contribution in [0.3, 0.4) is 0 Å². The fourth-order valence-corrected chi connectivity index (χ4v) is 2.23. The number of carboxylic acid groups (broad SMARTS) is 1. The largest absolute Gasteiger partial charge is 0.481 e. The maximum atomic E-state index is 10.4. The first-order valence-corrected chi connectivity index (χ1v) is 9.00. The standard InChI is InChI=1S/C20H36O3/c1-2-3-13-16-19(21)17-14-11-9-7-5-4-6-8-10-12-15-18-20(22)23/h9,11,14,17,19,21H,2-8,10,12-13,15-16,18H2,1H3,(H,22,23)/b11-9+,17-14+/t19-/m0/s1/i9D,11D,17D,19D. The molecule has 0 aliphatic carbocycles. The third-order valence-electron chi connectivity index (χ3n) is 3.62. The van der Waals surface area contributed by atoms with Crippen molar-refractivity contribution in [3.05, 3.63) is 24.2 Å². The molecule has 23 heavy (non-hydrogen) atoms. The Bertz CT molecular complexity index is 488. The Balaban J connectivity index is 4.13. The van der Waals surface area contributed by atoms with Crippen molar-refractivity contribution in [1.82, 2.24) is 0 Å². The highest BCUT2D eigenvalue weighted by atomic mass is 16.4. The van der Waals surface area contributed by atoms with Crippen molar-refractivity contribution in [3.63, 3.8) is 0 Å². The number of hydrogen-bond donors (Lipinski definition) is 2. The molecule has 0 bridgehead atoms. The minimum absolute atomic E-state index is 0.102. The molecule has 0 heterocycles. The summed E-state index contributed by atoms with van der Waals surface area (Å²) in [7, 11) is 0. The fourth-order valence-electron chi connectivity index (χ4n) is 2.23. The van der Waals surface area contributed by atoms with Gasteiger partial charge in [0.1, 0.15) is 0 Å². The van der Waals surface area contributed by atoms with E-state index < -0.39 is 12.0 Å². The van der Waals surface area contributed by atoms with Crippen LogP contribution in [0.15, 0.2) is 24.2 Å². The zero-order valence-corrected chi connectivity index (χ0v) is 14.6. The number of rotatable bonds is 16. The highest BCUT2D eigenvalue weighted by Gasteiger charge is 1.97. The van der Waals surface area contributed by atoms with E-state index >= 15 is 0 Å². The van der Waals surface area contributed by atoms with Crippen molar-refractivity contribution in [2.75, 3.05) is 0 Å². The van der Waals surface area contributed by atoms with Gasteiger partial charge < -0.3 is 10.2 Å². The van der Waals surface area contributed by atoms with Gasteiger partial charge in [0.25, 0.3) is 0 Å². The van der Waals surface area contributed by atoms with Gasteiger partial charge in [0.15, 0.2) is 0 Å². The van der Waals surface area contributed by atoms with Gasteiger partial charge in [0.05, 0.1) is 11.6 Å². The topological polar surface area (TPSA) is 57.5 Å². The molecule has 0 amide bonds. The van der Waals surface area contributed by atoms with Crippen LogP contribution in [-0.2, 0) is 4.79 Å². The molecule has 0 radical (unpaired) electrons. The van der Waals surface area contributed by atoms with Crippen LogP contribution in [0.25, 0.3) is 0 Å². The van der Waals surface area contributed by atoms with Gasteiger partial charge in [-0.15, -0.1) is 0 Å². The van der Waals surface area contributed by atoms with Gasteiger partial charge in [-0.3, -0.25) is 4.79 Å². The number of unbranched alkanes of at least 4 members (excludes halogenated alkanes) is 8.